The summed E-state index contributed by atoms with van der Waals surface area (Å²) in [7, 11) is 0. The second-order valence-electron chi connectivity index (χ2n) is 4.63. The highest BCUT2D eigenvalue weighted by molar-refractivity contribution is 5.95. The molecule has 0 atom stereocenters. The summed E-state index contributed by atoms with van der Waals surface area (Å²) < 4.78 is 5.26. The number of carbonyl (C=O) groups is 1. The highest BCUT2D eigenvalue weighted by atomic mass is 16.3. The van der Waals surface area contributed by atoms with Crippen LogP contribution in [0.3, 0.4) is 0 Å². The summed E-state index contributed by atoms with van der Waals surface area (Å²) in [6, 6.07) is 11.7. The van der Waals surface area contributed by atoms with E-state index in [1.165, 1.54) is 0 Å². The highest BCUT2D eigenvalue weighted by Gasteiger charge is 2.21. The summed E-state index contributed by atoms with van der Waals surface area (Å²) in [6.07, 6.45) is 3.29. The van der Waals surface area contributed by atoms with E-state index < -0.39 is 0 Å². The molecule has 0 unspecified atom stereocenters. The van der Waals surface area contributed by atoms with Crippen molar-refractivity contribution in [2.75, 3.05) is 16.8 Å². The van der Waals surface area contributed by atoms with Crippen molar-refractivity contribution in [3.05, 3.63) is 48.4 Å². The second-order valence-corrected chi connectivity index (χ2v) is 4.63. The van der Waals surface area contributed by atoms with E-state index >= 15 is 0 Å². The predicted octanol–water partition coefficient (Wildman–Crippen LogP) is 3.02. The van der Waals surface area contributed by atoms with Gasteiger partial charge in [0, 0.05) is 24.3 Å². The third-order valence-electron chi connectivity index (χ3n) is 3.30. The van der Waals surface area contributed by atoms with Gasteiger partial charge in [-0.1, -0.05) is 0 Å². The van der Waals surface area contributed by atoms with Crippen LogP contribution in [-0.4, -0.2) is 12.5 Å². The largest absolute Gasteiger partial charge is 0.467 e. The molecule has 19 heavy (non-hydrogen) atoms. The van der Waals surface area contributed by atoms with Crippen molar-refractivity contribution in [2.24, 2.45) is 0 Å². The van der Waals surface area contributed by atoms with Crippen LogP contribution in [0.15, 0.2) is 47.1 Å². The molecule has 1 aromatic carbocycles. The lowest BCUT2D eigenvalue weighted by molar-refractivity contribution is -0.117. The number of nitrogens with zero attached hydrogens (tertiary/aromatic N) is 1. The number of nitrogens with one attached hydrogen (secondary N) is 1. The lowest BCUT2D eigenvalue weighted by Gasteiger charge is -2.16. The van der Waals surface area contributed by atoms with Gasteiger partial charge >= 0.3 is 0 Å². The van der Waals surface area contributed by atoms with Gasteiger partial charge in [-0.15, -0.1) is 0 Å². The molecule has 1 N–H and O–H groups in total. The maximum Gasteiger partial charge on any atom is 0.227 e. The number of hydrogen-bond donors (Lipinski definition) is 1. The third kappa shape index (κ3) is 2.62. The zero-order valence-electron chi connectivity index (χ0n) is 10.6. The van der Waals surface area contributed by atoms with E-state index in [1.54, 1.807) is 6.26 Å². The monoisotopic (exact) mass is 256 g/mol. The molecular weight excluding hydrogens is 240 g/mol. The summed E-state index contributed by atoms with van der Waals surface area (Å²) in [5.41, 5.74) is 2.00. The average molecular weight is 256 g/mol. The fourth-order valence-corrected chi connectivity index (χ4v) is 2.28. The Kier molecular flexibility index (Phi) is 3.23. The van der Waals surface area contributed by atoms with Crippen LogP contribution in [0.5, 0.6) is 0 Å². The van der Waals surface area contributed by atoms with Gasteiger partial charge in [-0.2, -0.15) is 0 Å². The molecule has 0 saturated carbocycles. The fraction of sp³-hybridized carbons (Fsp3) is 0.267. The summed E-state index contributed by atoms with van der Waals surface area (Å²) in [6.45, 7) is 1.49. The van der Waals surface area contributed by atoms with Gasteiger partial charge in [0.05, 0.1) is 12.8 Å². The number of carbonyl (C=O) groups excluding carboxylic acids is 1. The molecule has 0 spiro atoms. The van der Waals surface area contributed by atoms with Crippen molar-refractivity contribution in [3.63, 3.8) is 0 Å². The van der Waals surface area contributed by atoms with E-state index in [4.69, 9.17) is 4.42 Å². The summed E-state index contributed by atoms with van der Waals surface area (Å²) in [4.78, 5) is 13.5. The topological polar surface area (TPSA) is 45.5 Å². The van der Waals surface area contributed by atoms with Crippen LogP contribution in [0.4, 0.5) is 11.4 Å². The van der Waals surface area contributed by atoms with Crippen LogP contribution in [0.25, 0.3) is 0 Å². The van der Waals surface area contributed by atoms with Crippen molar-refractivity contribution < 1.29 is 9.21 Å². The zero-order chi connectivity index (χ0) is 13.1. The van der Waals surface area contributed by atoms with Crippen LogP contribution in [-0.2, 0) is 11.3 Å². The highest BCUT2D eigenvalue weighted by Crippen LogP contribution is 2.23. The predicted molar refractivity (Wildman–Crippen MR) is 74.1 cm³/mol. The normalized spacial score (nSPS) is 14.9. The number of rotatable bonds is 4. The Balaban J connectivity index is 1.64. The third-order valence-corrected chi connectivity index (χ3v) is 3.30. The molecule has 3 rings (SSSR count). The van der Waals surface area contributed by atoms with E-state index in [9.17, 15) is 4.79 Å². The molecule has 1 aliphatic rings. The lowest BCUT2D eigenvalue weighted by Crippen LogP contribution is -2.23. The molecule has 2 aromatic rings. The van der Waals surface area contributed by atoms with Crippen molar-refractivity contribution >= 4 is 17.3 Å². The van der Waals surface area contributed by atoms with Crippen LogP contribution in [0.1, 0.15) is 18.6 Å². The smallest absolute Gasteiger partial charge is 0.227 e. The molecule has 1 aromatic heterocycles. The maximum absolute atomic E-state index is 11.6. The first-order valence-corrected chi connectivity index (χ1v) is 6.49. The molecule has 1 amide bonds. The van der Waals surface area contributed by atoms with Gasteiger partial charge in [0.1, 0.15) is 5.76 Å². The minimum atomic E-state index is 0.219. The van der Waals surface area contributed by atoms with Crippen molar-refractivity contribution in [3.8, 4) is 0 Å². The summed E-state index contributed by atoms with van der Waals surface area (Å²) >= 11 is 0. The van der Waals surface area contributed by atoms with Crippen LogP contribution < -0.4 is 10.2 Å². The quantitative estimate of drug-likeness (QED) is 0.914. The molecule has 1 aliphatic heterocycles. The van der Waals surface area contributed by atoms with Gasteiger partial charge in [0.15, 0.2) is 0 Å². The molecule has 1 saturated heterocycles. The first-order valence-electron chi connectivity index (χ1n) is 6.49. The lowest BCUT2D eigenvalue weighted by atomic mass is 10.2. The number of benzene rings is 1. The maximum atomic E-state index is 11.6. The number of amides is 1. The Hall–Kier alpha value is -2.23. The van der Waals surface area contributed by atoms with Crippen LogP contribution >= 0.6 is 0 Å². The fourth-order valence-electron chi connectivity index (χ4n) is 2.28. The van der Waals surface area contributed by atoms with Crippen LogP contribution in [0.2, 0.25) is 0 Å². The molecule has 2 heterocycles. The van der Waals surface area contributed by atoms with Gasteiger partial charge in [-0.25, -0.2) is 0 Å². The molecule has 1 fully saturated rings. The Bertz CT molecular complexity index is 546. The van der Waals surface area contributed by atoms with Gasteiger partial charge in [0.2, 0.25) is 5.91 Å². The molecule has 0 aliphatic carbocycles. The Morgan fingerprint density at radius 3 is 2.68 bits per heavy atom. The number of hydrogen-bond acceptors (Lipinski definition) is 3. The minimum absolute atomic E-state index is 0.219. The Labute approximate surface area is 112 Å². The Morgan fingerprint density at radius 2 is 2.05 bits per heavy atom. The zero-order valence-corrected chi connectivity index (χ0v) is 10.6. The van der Waals surface area contributed by atoms with Gasteiger partial charge in [0.25, 0.3) is 0 Å². The molecular formula is C15H16N2O2. The van der Waals surface area contributed by atoms with Crippen molar-refractivity contribution in [1.82, 2.24) is 0 Å². The van der Waals surface area contributed by atoms with Gasteiger partial charge in [-0.05, 0) is 42.8 Å². The molecule has 4 nitrogen and oxygen atoms in total. The van der Waals surface area contributed by atoms with Gasteiger partial charge < -0.3 is 14.6 Å². The van der Waals surface area contributed by atoms with Gasteiger partial charge in [-0.3, -0.25) is 4.79 Å². The number of furan rings is 1. The number of anilines is 2. The molecule has 0 bridgehead atoms. The molecule has 4 heteroatoms. The first-order chi connectivity index (χ1) is 9.33. The van der Waals surface area contributed by atoms with Crippen molar-refractivity contribution in [2.45, 2.75) is 19.4 Å². The first kappa shape index (κ1) is 11.8. The van der Waals surface area contributed by atoms with E-state index in [-0.39, 0.29) is 5.91 Å². The standard InChI is InChI=1S/C15H16N2O2/c18-15-4-1-9-17(15)13-7-5-12(6-8-13)16-11-14-3-2-10-19-14/h2-3,5-8,10,16H,1,4,9,11H2. The van der Waals surface area contributed by atoms with E-state index in [0.29, 0.717) is 13.0 Å². The Morgan fingerprint density at radius 1 is 1.21 bits per heavy atom. The SMILES string of the molecule is O=C1CCCN1c1ccc(NCc2ccco2)cc1. The molecule has 0 radical (unpaired) electrons. The summed E-state index contributed by atoms with van der Waals surface area (Å²) in [5, 5.41) is 3.28. The van der Waals surface area contributed by atoms with Crippen molar-refractivity contribution in [1.29, 1.82) is 0 Å². The van der Waals surface area contributed by atoms with E-state index in [0.717, 1.165) is 30.1 Å². The van der Waals surface area contributed by atoms with E-state index in [2.05, 4.69) is 5.32 Å². The average Bonchev–Trinajstić information content (AvgIpc) is 3.08. The van der Waals surface area contributed by atoms with E-state index in [1.807, 2.05) is 41.3 Å². The van der Waals surface area contributed by atoms with Crippen LogP contribution in [0, 0.1) is 0 Å². The minimum Gasteiger partial charge on any atom is -0.467 e. The second kappa shape index (κ2) is 5.18. The summed E-state index contributed by atoms with van der Waals surface area (Å²) in [5.74, 6) is 1.12. The molecule has 98 valence electrons.